The van der Waals surface area contributed by atoms with Crippen molar-refractivity contribution in [2.45, 2.75) is 18.9 Å². The fraction of sp³-hybridized carbons (Fsp3) is 0.438. The Labute approximate surface area is 142 Å². The van der Waals surface area contributed by atoms with Crippen molar-refractivity contribution in [3.05, 3.63) is 34.9 Å². The van der Waals surface area contributed by atoms with E-state index in [1.54, 1.807) is 0 Å². The van der Waals surface area contributed by atoms with Crippen LogP contribution in [-0.2, 0) is 9.47 Å². The Hall–Kier alpha value is -2.55. The van der Waals surface area contributed by atoms with E-state index in [1.165, 1.54) is 0 Å². The van der Waals surface area contributed by atoms with Gasteiger partial charge in [0, 0.05) is 13.0 Å². The number of rotatable bonds is 5. The summed E-state index contributed by atoms with van der Waals surface area (Å²) in [6.07, 6.45) is -1.70. The summed E-state index contributed by atoms with van der Waals surface area (Å²) in [6.45, 7) is 0.522. The van der Waals surface area contributed by atoms with Crippen LogP contribution in [0.15, 0.2) is 12.1 Å². The number of carbonyl (C=O) groups excluding carboxylic acids is 2. The number of carboxylic acid groups (broad SMARTS) is 1. The molecule has 7 nitrogen and oxygen atoms in total. The Morgan fingerprint density at radius 3 is 2.52 bits per heavy atom. The van der Waals surface area contributed by atoms with E-state index in [1.807, 2.05) is 0 Å². The number of halogens is 2. The first-order chi connectivity index (χ1) is 11.8. The lowest BCUT2D eigenvalue weighted by molar-refractivity contribution is -0.0253. The summed E-state index contributed by atoms with van der Waals surface area (Å²) in [6, 6.07) is 1.48. The van der Waals surface area contributed by atoms with Gasteiger partial charge in [0.05, 0.1) is 37.5 Å². The second kappa shape index (κ2) is 8.02. The van der Waals surface area contributed by atoms with Crippen molar-refractivity contribution in [3.63, 3.8) is 0 Å². The zero-order valence-electron chi connectivity index (χ0n) is 13.5. The minimum Gasteiger partial charge on any atom is -0.465 e. The summed E-state index contributed by atoms with van der Waals surface area (Å²) in [5.41, 5.74) is -1.07. The van der Waals surface area contributed by atoms with Gasteiger partial charge in [-0.15, -0.1) is 0 Å². The van der Waals surface area contributed by atoms with E-state index in [0.717, 1.165) is 24.1 Å². The highest BCUT2D eigenvalue weighted by Gasteiger charge is 2.26. The molecule has 1 fully saturated rings. The Balaban J connectivity index is 2.03. The number of Topliss-reactive ketones (excluding diaryl/α,β-unsaturated/α-hetero) is 1. The average Bonchev–Trinajstić information content (AvgIpc) is 2.58. The highest BCUT2D eigenvalue weighted by Crippen LogP contribution is 2.20. The molecule has 1 amide bonds. The molecular weight excluding hydrogens is 340 g/mol. The molecule has 0 spiro atoms. The lowest BCUT2D eigenvalue weighted by Gasteiger charge is -2.30. The fourth-order valence-electron chi connectivity index (χ4n) is 2.56. The van der Waals surface area contributed by atoms with Crippen molar-refractivity contribution >= 4 is 17.8 Å². The van der Waals surface area contributed by atoms with E-state index < -0.39 is 41.1 Å². The summed E-state index contributed by atoms with van der Waals surface area (Å²) in [5, 5.41) is 8.94. The number of methoxy groups -OCH3 is 1. The van der Waals surface area contributed by atoms with E-state index in [9.17, 15) is 23.2 Å². The molecule has 9 heteroatoms. The summed E-state index contributed by atoms with van der Waals surface area (Å²) in [7, 11) is 1.07. The highest BCUT2D eigenvalue weighted by atomic mass is 19.1. The molecule has 0 unspecified atom stereocenters. The quantitative estimate of drug-likeness (QED) is 0.641. The van der Waals surface area contributed by atoms with Gasteiger partial charge in [-0.3, -0.25) is 4.79 Å². The molecule has 2 rings (SSSR count). The number of carbonyl (C=O) groups is 3. The van der Waals surface area contributed by atoms with E-state index >= 15 is 0 Å². The number of morpholine rings is 1. The van der Waals surface area contributed by atoms with Crippen LogP contribution in [0.25, 0.3) is 0 Å². The molecule has 0 aromatic heterocycles. The maximum Gasteiger partial charge on any atom is 0.407 e. The molecule has 1 N–H and O–H groups in total. The second-order valence-corrected chi connectivity index (χ2v) is 5.49. The molecule has 0 aliphatic carbocycles. The van der Waals surface area contributed by atoms with Crippen molar-refractivity contribution in [2.24, 2.45) is 0 Å². The first-order valence-corrected chi connectivity index (χ1v) is 7.53. The van der Waals surface area contributed by atoms with Gasteiger partial charge in [0.2, 0.25) is 0 Å². The molecule has 0 saturated carbocycles. The van der Waals surface area contributed by atoms with Gasteiger partial charge < -0.3 is 19.5 Å². The van der Waals surface area contributed by atoms with Gasteiger partial charge in [0.25, 0.3) is 0 Å². The fourth-order valence-corrected chi connectivity index (χ4v) is 2.56. The topological polar surface area (TPSA) is 93.1 Å². The third-order valence-corrected chi connectivity index (χ3v) is 3.84. The average molecular weight is 357 g/mol. The number of benzene rings is 1. The summed E-state index contributed by atoms with van der Waals surface area (Å²) < 4.78 is 37.8. The summed E-state index contributed by atoms with van der Waals surface area (Å²) in [5.74, 6) is -4.01. The largest absolute Gasteiger partial charge is 0.465 e. The van der Waals surface area contributed by atoms with Crippen LogP contribution in [0.4, 0.5) is 13.6 Å². The Kier molecular flexibility index (Phi) is 6.02. The Bertz CT molecular complexity index is 670. The van der Waals surface area contributed by atoms with Crippen LogP contribution in [0.5, 0.6) is 0 Å². The summed E-state index contributed by atoms with van der Waals surface area (Å²) >= 11 is 0. The molecule has 1 atom stereocenters. The molecular formula is C16H17F2NO6. The van der Waals surface area contributed by atoms with Gasteiger partial charge in [0.1, 0.15) is 11.6 Å². The monoisotopic (exact) mass is 357 g/mol. The second-order valence-electron chi connectivity index (χ2n) is 5.49. The predicted molar refractivity (Wildman–Crippen MR) is 80.6 cm³/mol. The number of hydrogen-bond acceptors (Lipinski definition) is 5. The van der Waals surface area contributed by atoms with Gasteiger partial charge in [0.15, 0.2) is 5.78 Å². The van der Waals surface area contributed by atoms with Gasteiger partial charge >= 0.3 is 12.1 Å². The maximum absolute atomic E-state index is 14.0. The predicted octanol–water partition coefficient (Wildman–Crippen LogP) is 2.09. The van der Waals surface area contributed by atoms with E-state index in [4.69, 9.17) is 9.84 Å². The van der Waals surface area contributed by atoms with Crippen molar-refractivity contribution < 1.29 is 37.7 Å². The van der Waals surface area contributed by atoms with Crippen molar-refractivity contribution in [1.29, 1.82) is 0 Å². The minimum absolute atomic E-state index is 0.0921. The SMILES string of the molecule is COC(=O)c1cc(F)c(C(=O)CC[C@H]2CN(C(=O)O)CCO2)c(F)c1. The van der Waals surface area contributed by atoms with Crippen LogP contribution in [-0.4, -0.2) is 60.8 Å². The lowest BCUT2D eigenvalue weighted by atomic mass is 10.0. The zero-order valence-corrected chi connectivity index (χ0v) is 13.5. The summed E-state index contributed by atoms with van der Waals surface area (Å²) in [4.78, 5) is 35.5. The number of esters is 1. The van der Waals surface area contributed by atoms with Gasteiger partial charge in [-0.25, -0.2) is 18.4 Å². The van der Waals surface area contributed by atoms with Crippen LogP contribution >= 0.6 is 0 Å². The van der Waals surface area contributed by atoms with E-state index in [0.29, 0.717) is 0 Å². The lowest BCUT2D eigenvalue weighted by Crippen LogP contribution is -2.45. The molecule has 0 bridgehead atoms. The molecule has 1 aliphatic rings. The van der Waals surface area contributed by atoms with Crippen LogP contribution in [0, 0.1) is 11.6 Å². The molecule has 1 aliphatic heterocycles. The molecule has 1 aromatic carbocycles. The molecule has 1 heterocycles. The normalized spacial score (nSPS) is 17.2. The van der Waals surface area contributed by atoms with Crippen LogP contribution in [0.3, 0.4) is 0 Å². The van der Waals surface area contributed by atoms with E-state index in [2.05, 4.69) is 4.74 Å². The zero-order chi connectivity index (χ0) is 18.6. The molecule has 25 heavy (non-hydrogen) atoms. The van der Waals surface area contributed by atoms with Gasteiger partial charge in [-0.1, -0.05) is 0 Å². The first kappa shape index (κ1) is 18.8. The minimum atomic E-state index is -1.15. The number of ketones is 1. The first-order valence-electron chi connectivity index (χ1n) is 7.53. The van der Waals surface area contributed by atoms with Crippen LogP contribution in [0.1, 0.15) is 33.6 Å². The van der Waals surface area contributed by atoms with Crippen molar-refractivity contribution in [3.8, 4) is 0 Å². The van der Waals surface area contributed by atoms with Gasteiger partial charge in [-0.05, 0) is 18.6 Å². The Morgan fingerprint density at radius 2 is 1.96 bits per heavy atom. The Morgan fingerprint density at radius 1 is 1.32 bits per heavy atom. The maximum atomic E-state index is 14.0. The third kappa shape index (κ3) is 4.50. The van der Waals surface area contributed by atoms with Crippen molar-refractivity contribution in [2.75, 3.05) is 26.8 Å². The number of amides is 1. The number of nitrogens with zero attached hydrogens (tertiary/aromatic N) is 1. The standard InChI is InChI=1S/C16H17F2NO6/c1-24-15(21)9-6-11(17)14(12(18)7-9)13(20)3-2-10-8-19(16(22)23)4-5-25-10/h6-7,10H,2-5,8H2,1H3,(H,22,23)/t10-/m0/s1. The molecule has 0 radical (unpaired) electrons. The number of ether oxygens (including phenoxy) is 2. The molecule has 1 saturated heterocycles. The molecule has 1 aromatic rings. The number of hydrogen-bond donors (Lipinski definition) is 1. The van der Waals surface area contributed by atoms with Crippen LogP contribution in [0.2, 0.25) is 0 Å². The van der Waals surface area contributed by atoms with E-state index in [-0.39, 0.29) is 38.1 Å². The highest BCUT2D eigenvalue weighted by molar-refractivity contribution is 5.98. The van der Waals surface area contributed by atoms with Crippen LogP contribution < -0.4 is 0 Å². The smallest absolute Gasteiger partial charge is 0.407 e. The van der Waals surface area contributed by atoms with Crippen molar-refractivity contribution in [1.82, 2.24) is 4.90 Å². The molecule has 136 valence electrons. The third-order valence-electron chi connectivity index (χ3n) is 3.84. The van der Waals surface area contributed by atoms with Gasteiger partial charge in [-0.2, -0.15) is 0 Å².